The van der Waals surface area contributed by atoms with Crippen LogP contribution in [-0.2, 0) is 11.2 Å². The van der Waals surface area contributed by atoms with Crippen molar-refractivity contribution in [3.8, 4) is 5.75 Å². The van der Waals surface area contributed by atoms with Gasteiger partial charge in [0.05, 0.1) is 5.41 Å². The van der Waals surface area contributed by atoms with E-state index in [2.05, 4.69) is 0 Å². The molecule has 0 fully saturated rings. The summed E-state index contributed by atoms with van der Waals surface area (Å²) in [4.78, 5) is 11.2. The van der Waals surface area contributed by atoms with Crippen LogP contribution in [0.2, 0.25) is 5.02 Å². The zero-order valence-corrected chi connectivity index (χ0v) is 12.8. The normalized spacial score (nSPS) is 11.9. The van der Waals surface area contributed by atoms with Crippen LogP contribution in [0.25, 0.3) is 0 Å². The van der Waals surface area contributed by atoms with E-state index in [-0.39, 0.29) is 18.1 Å². The fourth-order valence-corrected chi connectivity index (χ4v) is 2.21. The molecule has 0 atom stereocenters. The van der Waals surface area contributed by atoms with Crippen LogP contribution in [0.5, 0.6) is 5.75 Å². The summed E-state index contributed by atoms with van der Waals surface area (Å²) in [7, 11) is 0. The van der Waals surface area contributed by atoms with Gasteiger partial charge in [0, 0.05) is 5.02 Å². The summed E-state index contributed by atoms with van der Waals surface area (Å²) in [6, 6.07) is 1.76. The number of aromatic hydroxyl groups is 1. The molecular formula is C15H21ClO3. The van der Waals surface area contributed by atoms with Crippen molar-refractivity contribution in [2.45, 2.75) is 47.0 Å². The van der Waals surface area contributed by atoms with Crippen molar-refractivity contribution >= 4 is 17.6 Å². The number of hydrogen-bond acceptors (Lipinski definition) is 2. The average Bonchev–Trinajstić information content (AvgIpc) is 2.28. The molecule has 1 aromatic rings. The Kier molecular flexibility index (Phi) is 4.51. The molecule has 0 aliphatic rings. The lowest BCUT2D eigenvalue weighted by Gasteiger charge is -2.23. The number of benzene rings is 1. The summed E-state index contributed by atoms with van der Waals surface area (Å²) in [6.07, 6.45) is 0.250. The number of carboxylic acid groups (broad SMARTS) is 1. The Morgan fingerprint density at radius 2 is 1.95 bits per heavy atom. The first-order valence-corrected chi connectivity index (χ1v) is 6.70. The third-order valence-corrected chi connectivity index (χ3v) is 3.86. The van der Waals surface area contributed by atoms with E-state index in [9.17, 15) is 15.0 Å². The van der Waals surface area contributed by atoms with Crippen molar-refractivity contribution < 1.29 is 15.0 Å². The van der Waals surface area contributed by atoms with Gasteiger partial charge in [-0.3, -0.25) is 4.79 Å². The zero-order chi connectivity index (χ0) is 15.0. The fourth-order valence-electron chi connectivity index (χ4n) is 1.98. The highest BCUT2D eigenvalue weighted by Crippen LogP contribution is 2.38. The van der Waals surface area contributed by atoms with Crippen LogP contribution in [0, 0.1) is 12.3 Å². The first kappa shape index (κ1) is 15.8. The smallest absolute Gasteiger partial charge is 0.309 e. The Hall–Kier alpha value is -1.22. The van der Waals surface area contributed by atoms with Crippen molar-refractivity contribution in [3.63, 3.8) is 0 Å². The van der Waals surface area contributed by atoms with E-state index in [1.165, 1.54) is 0 Å². The fraction of sp³-hybridized carbons (Fsp3) is 0.533. The van der Waals surface area contributed by atoms with Gasteiger partial charge in [-0.2, -0.15) is 0 Å². The van der Waals surface area contributed by atoms with Crippen molar-refractivity contribution in [3.05, 3.63) is 27.8 Å². The maximum atomic E-state index is 11.2. The molecule has 2 N–H and O–H groups in total. The van der Waals surface area contributed by atoms with Gasteiger partial charge in [0.1, 0.15) is 5.75 Å². The predicted octanol–water partition coefficient (Wildman–Crippen LogP) is 4.13. The minimum Gasteiger partial charge on any atom is -0.507 e. The molecule has 19 heavy (non-hydrogen) atoms. The Labute approximate surface area is 119 Å². The Morgan fingerprint density at radius 3 is 2.37 bits per heavy atom. The second kappa shape index (κ2) is 5.41. The molecule has 106 valence electrons. The quantitative estimate of drug-likeness (QED) is 0.874. The minimum absolute atomic E-state index is 0.129. The Morgan fingerprint density at radius 1 is 1.42 bits per heavy atom. The highest BCUT2D eigenvalue weighted by molar-refractivity contribution is 6.31. The highest BCUT2D eigenvalue weighted by Gasteiger charge is 2.30. The standard InChI is InChI=1S/C15H21ClO3/c1-8(2)10-6-12(16)9(3)11(13(10)17)7-15(4,5)14(18)19/h6,8,17H,7H2,1-5H3,(H,18,19). The third kappa shape index (κ3) is 3.21. The summed E-state index contributed by atoms with van der Waals surface area (Å²) < 4.78 is 0. The molecule has 0 aromatic heterocycles. The minimum atomic E-state index is -0.943. The van der Waals surface area contributed by atoms with Gasteiger partial charge < -0.3 is 10.2 Å². The summed E-state index contributed by atoms with van der Waals surface area (Å²) in [6.45, 7) is 9.02. The number of carbonyl (C=O) groups is 1. The van der Waals surface area contributed by atoms with Gasteiger partial charge in [-0.25, -0.2) is 0 Å². The highest BCUT2D eigenvalue weighted by atomic mass is 35.5. The van der Waals surface area contributed by atoms with Gasteiger partial charge >= 0.3 is 5.97 Å². The average molecular weight is 285 g/mol. The number of rotatable bonds is 4. The number of phenols is 1. The lowest BCUT2D eigenvalue weighted by molar-refractivity contribution is -0.146. The van der Waals surface area contributed by atoms with E-state index in [0.29, 0.717) is 10.6 Å². The van der Waals surface area contributed by atoms with Crippen LogP contribution < -0.4 is 0 Å². The Balaban J connectivity index is 3.39. The molecule has 0 heterocycles. The summed E-state index contributed by atoms with van der Waals surface area (Å²) in [5.74, 6) is -0.589. The largest absolute Gasteiger partial charge is 0.507 e. The van der Waals surface area contributed by atoms with Crippen molar-refractivity contribution in [2.24, 2.45) is 5.41 Å². The lowest BCUT2D eigenvalue weighted by Crippen LogP contribution is -2.26. The zero-order valence-electron chi connectivity index (χ0n) is 12.0. The van der Waals surface area contributed by atoms with Crippen LogP contribution in [0.15, 0.2) is 6.07 Å². The monoisotopic (exact) mass is 284 g/mol. The number of aliphatic carboxylic acids is 1. The first-order chi connectivity index (χ1) is 8.58. The van der Waals surface area contributed by atoms with Crippen LogP contribution in [0.1, 0.15) is 50.3 Å². The summed E-state index contributed by atoms with van der Waals surface area (Å²) in [5.41, 5.74) is 1.19. The van der Waals surface area contributed by atoms with Crippen molar-refractivity contribution in [1.82, 2.24) is 0 Å². The van der Waals surface area contributed by atoms with Crippen molar-refractivity contribution in [1.29, 1.82) is 0 Å². The molecule has 0 unspecified atom stereocenters. The second-order valence-corrected chi connectivity index (χ2v) is 6.33. The molecular weight excluding hydrogens is 264 g/mol. The van der Waals surface area contributed by atoms with E-state index in [4.69, 9.17) is 11.6 Å². The maximum absolute atomic E-state index is 11.2. The molecule has 0 saturated carbocycles. The van der Waals surface area contributed by atoms with Gasteiger partial charge in [0.15, 0.2) is 0 Å². The van der Waals surface area contributed by atoms with E-state index in [0.717, 1.165) is 11.1 Å². The number of hydrogen-bond donors (Lipinski definition) is 2. The van der Waals surface area contributed by atoms with E-state index in [1.54, 1.807) is 26.8 Å². The van der Waals surface area contributed by atoms with E-state index in [1.807, 2.05) is 13.8 Å². The molecule has 1 rings (SSSR count). The molecule has 0 saturated heterocycles. The SMILES string of the molecule is Cc1c(Cl)cc(C(C)C)c(O)c1CC(C)(C)C(=O)O. The number of carboxylic acids is 1. The first-order valence-electron chi connectivity index (χ1n) is 6.32. The van der Waals surface area contributed by atoms with Crippen LogP contribution in [0.3, 0.4) is 0 Å². The molecule has 0 spiro atoms. The molecule has 0 aliphatic carbocycles. The summed E-state index contributed by atoms with van der Waals surface area (Å²) >= 11 is 6.18. The number of phenolic OH excluding ortho intramolecular Hbond substituents is 1. The van der Waals surface area contributed by atoms with Crippen LogP contribution in [-0.4, -0.2) is 16.2 Å². The predicted molar refractivity (Wildman–Crippen MR) is 77.1 cm³/mol. The van der Waals surface area contributed by atoms with Crippen LogP contribution >= 0.6 is 11.6 Å². The molecule has 1 aromatic carbocycles. The van der Waals surface area contributed by atoms with Crippen molar-refractivity contribution in [2.75, 3.05) is 0 Å². The lowest BCUT2D eigenvalue weighted by atomic mass is 9.82. The van der Waals surface area contributed by atoms with Crippen LogP contribution in [0.4, 0.5) is 0 Å². The topological polar surface area (TPSA) is 57.5 Å². The maximum Gasteiger partial charge on any atom is 0.309 e. The second-order valence-electron chi connectivity index (χ2n) is 5.92. The molecule has 0 radical (unpaired) electrons. The van der Waals surface area contributed by atoms with E-state index >= 15 is 0 Å². The Bertz CT molecular complexity index is 505. The third-order valence-electron chi connectivity index (χ3n) is 3.47. The van der Waals surface area contributed by atoms with Gasteiger partial charge in [0.25, 0.3) is 0 Å². The number of halogens is 1. The molecule has 0 amide bonds. The van der Waals surface area contributed by atoms with Gasteiger partial charge in [0.2, 0.25) is 0 Å². The molecule has 0 bridgehead atoms. The van der Waals surface area contributed by atoms with E-state index < -0.39 is 11.4 Å². The summed E-state index contributed by atoms with van der Waals surface area (Å²) in [5, 5.41) is 20.1. The van der Waals surface area contributed by atoms with Gasteiger partial charge in [-0.1, -0.05) is 25.4 Å². The van der Waals surface area contributed by atoms with Gasteiger partial charge in [-0.05, 0) is 55.9 Å². The molecule has 0 aliphatic heterocycles. The van der Waals surface area contributed by atoms with Gasteiger partial charge in [-0.15, -0.1) is 0 Å². The molecule has 3 nitrogen and oxygen atoms in total. The molecule has 4 heteroatoms.